The first-order valence-electron chi connectivity index (χ1n) is 4.73. The van der Waals surface area contributed by atoms with Crippen molar-refractivity contribution in [3.8, 4) is 0 Å². The zero-order valence-electron chi connectivity index (χ0n) is 8.47. The van der Waals surface area contributed by atoms with Gasteiger partial charge in [0.2, 0.25) is 0 Å². The number of halogens is 2. The van der Waals surface area contributed by atoms with Gasteiger partial charge in [0, 0.05) is 22.5 Å². The third-order valence-corrected chi connectivity index (χ3v) is 2.98. The summed E-state index contributed by atoms with van der Waals surface area (Å²) in [5, 5.41) is 2.83. The molecule has 0 fully saturated rings. The molecule has 0 saturated carbocycles. The summed E-state index contributed by atoms with van der Waals surface area (Å²) in [7, 11) is 0. The molecule has 1 aromatic rings. The predicted molar refractivity (Wildman–Crippen MR) is 66.4 cm³/mol. The Labute approximate surface area is 103 Å². The van der Waals surface area contributed by atoms with Crippen LogP contribution in [-0.2, 0) is 0 Å². The van der Waals surface area contributed by atoms with Crippen molar-refractivity contribution in [2.75, 3.05) is 12.4 Å². The Morgan fingerprint density at radius 1 is 1.60 bits per heavy atom. The van der Waals surface area contributed by atoms with Crippen LogP contribution in [0.3, 0.4) is 0 Å². The second-order valence-electron chi connectivity index (χ2n) is 3.48. The largest absolute Gasteiger partial charge is 0.352 e. The van der Waals surface area contributed by atoms with Crippen LogP contribution in [0.25, 0.3) is 0 Å². The molecule has 82 valence electrons. The Morgan fingerprint density at radius 2 is 2.33 bits per heavy atom. The van der Waals surface area contributed by atoms with Gasteiger partial charge < -0.3 is 5.32 Å². The van der Waals surface area contributed by atoms with Gasteiger partial charge in [-0.25, -0.2) is 0 Å². The monoisotopic (exact) mass is 289 g/mol. The van der Waals surface area contributed by atoms with Crippen molar-refractivity contribution in [2.45, 2.75) is 6.92 Å². The molecule has 0 aromatic heterocycles. The molecule has 0 saturated heterocycles. The Balaban J connectivity index is 2.54. The van der Waals surface area contributed by atoms with Crippen LogP contribution in [0.2, 0.25) is 0 Å². The average Bonchev–Trinajstić information content (AvgIpc) is 2.25. The molecule has 0 heterocycles. The molecule has 0 bridgehead atoms. The number of nitrogens with one attached hydrogen (secondary N) is 1. The fourth-order valence-corrected chi connectivity index (χ4v) is 1.56. The maximum atomic E-state index is 11.6. The highest BCUT2D eigenvalue weighted by molar-refractivity contribution is 9.10. The summed E-state index contributed by atoms with van der Waals surface area (Å²) < 4.78 is 0.903. The predicted octanol–water partition coefficient (Wildman–Crippen LogP) is 3.05. The highest BCUT2D eigenvalue weighted by Crippen LogP contribution is 2.11. The summed E-state index contributed by atoms with van der Waals surface area (Å²) in [6, 6.07) is 7.30. The van der Waals surface area contributed by atoms with Gasteiger partial charge in [-0.05, 0) is 24.1 Å². The van der Waals surface area contributed by atoms with Gasteiger partial charge in [0.1, 0.15) is 0 Å². The van der Waals surface area contributed by atoms with Gasteiger partial charge in [0.15, 0.2) is 0 Å². The number of hydrogen-bond donors (Lipinski definition) is 1. The summed E-state index contributed by atoms with van der Waals surface area (Å²) in [6.45, 7) is 2.60. The van der Waals surface area contributed by atoms with Crippen LogP contribution < -0.4 is 5.32 Å². The zero-order valence-corrected chi connectivity index (χ0v) is 10.8. The molecular formula is C11H13BrClNO. The van der Waals surface area contributed by atoms with Crippen molar-refractivity contribution in [1.29, 1.82) is 0 Å². The molecule has 1 amide bonds. The van der Waals surface area contributed by atoms with E-state index < -0.39 is 0 Å². The van der Waals surface area contributed by atoms with Crippen molar-refractivity contribution < 1.29 is 4.79 Å². The summed E-state index contributed by atoms with van der Waals surface area (Å²) in [4.78, 5) is 11.6. The lowest BCUT2D eigenvalue weighted by atomic mass is 10.2. The van der Waals surface area contributed by atoms with E-state index in [1.54, 1.807) is 12.1 Å². The smallest absolute Gasteiger partial charge is 0.251 e. The fraction of sp³-hybridized carbons (Fsp3) is 0.364. The standard InChI is InChI=1S/C11H13BrClNO/c1-8(6-13)7-14-11(15)9-3-2-4-10(12)5-9/h2-5,8H,6-7H2,1H3,(H,14,15). The van der Waals surface area contributed by atoms with Crippen molar-refractivity contribution in [3.63, 3.8) is 0 Å². The number of rotatable bonds is 4. The van der Waals surface area contributed by atoms with Gasteiger partial charge in [0.05, 0.1) is 0 Å². The number of benzene rings is 1. The summed E-state index contributed by atoms with van der Waals surface area (Å²) in [5.41, 5.74) is 0.658. The summed E-state index contributed by atoms with van der Waals surface area (Å²) in [5.74, 6) is 0.787. The third kappa shape index (κ3) is 4.22. The molecular weight excluding hydrogens is 277 g/mol. The Bertz CT molecular complexity index is 343. The summed E-state index contributed by atoms with van der Waals surface area (Å²) in [6.07, 6.45) is 0. The van der Waals surface area contributed by atoms with Crippen LogP contribution in [0.4, 0.5) is 0 Å². The van der Waals surface area contributed by atoms with Crippen molar-refractivity contribution in [3.05, 3.63) is 34.3 Å². The van der Waals surface area contributed by atoms with E-state index in [0.717, 1.165) is 4.47 Å². The second kappa shape index (κ2) is 6.13. The van der Waals surface area contributed by atoms with E-state index in [1.807, 2.05) is 19.1 Å². The Kier molecular flexibility index (Phi) is 5.12. The molecule has 1 N–H and O–H groups in total. The van der Waals surface area contributed by atoms with Crippen LogP contribution in [-0.4, -0.2) is 18.3 Å². The highest BCUT2D eigenvalue weighted by Gasteiger charge is 2.07. The van der Waals surface area contributed by atoms with Crippen molar-refractivity contribution >= 4 is 33.4 Å². The lowest BCUT2D eigenvalue weighted by Gasteiger charge is -2.09. The Morgan fingerprint density at radius 3 is 2.93 bits per heavy atom. The van der Waals surface area contributed by atoms with Crippen molar-refractivity contribution in [2.24, 2.45) is 5.92 Å². The maximum absolute atomic E-state index is 11.6. The SMILES string of the molecule is CC(CCl)CNC(=O)c1cccc(Br)c1. The topological polar surface area (TPSA) is 29.1 Å². The lowest BCUT2D eigenvalue weighted by Crippen LogP contribution is -2.28. The van der Waals surface area contributed by atoms with Crippen LogP contribution in [0.15, 0.2) is 28.7 Å². The quantitative estimate of drug-likeness (QED) is 0.849. The van der Waals surface area contributed by atoms with Gasteiger partial charge >= 0.3 is 0 Å². The molecule has 1 rings (SSSR count). The fourth-order valence-electron chi connectivity index (χ4n) is 1.05. The second-order valence-corrected chi connectivity index (χ2v) is 4.70. The molecule has 1 aromatic carbocycles. The van der Waals surface area contributed by atoms with E-state index in [9.17, 15) is 4.79 Å². The van der Waals surface area contributed by atoms with E-state index in [2.05, 4.69) is 21.2 Å². The summed E-state index contributed by atoms with van der Waals surface area (Å²) >= 11 is 8.97. The molecule has 1 atom stereocenters. The number of hydrogen-bond acceptors (Lipinski definition) is 1. The molecule has 0 aliphatic rings. The number of carbonyl (C=O) groups excluding carboxylic acids is 1. The zero-order chi connectivity index (χ0) is 11.3. The van der Waals surface area contributed by atoms with Gasteiger partial charge in [-0.1, -0.05) is 28.9 Å². The van der Waals surface area contributed by atoms with Crippen LogP contribution in [0.5, 0.6) is 0 Å². The molecule has 0 aliphatic heterocycles. The van der Waals surface area contributed by atoms with E-state index in [-0.39, 0.29) is 5.91 Å². The van der Waals surface area contributed by atoms with Crippen LogP contribution in [0, 0.1) is 5.92 Å². The number of carbonyl (C=O) groups is 1. The maximum Gasteiger partial charge on any atom is 0.251 e. The third-order valence-electron chi connectivity index (χ3n) is 1.96. The molecule has 0 spiro atoms. The van der Waals surface area contributed by atoms with Crippen LogP contribution >= 0.6 is 27.5 Å². The first-order chi connectivity index (χ1) is 7.13. The van der Waals surface area contributed by atoms with Gasteiger partial charge in [0.25, 0.3) is 5.91 Å². The first kappa shape index (κ1) is 12.5. The van der Waals surface area contributed by atoms with Gasteiger partial charge in [-0.3, -0.25) is 4.79 Å². The molecule has 15 heavy (non-hydrogen) atoms. The minimum Gasteiger partial charge on any atom is -0.352 e. The molecule has 1 unspecified atom stereocenters. The van der Waals surface area contributed by atoms with E-state index in [0.29, 0.717) is 23.9 Å². The van der Waals surface area contributed by atoms with E-state index >= 15 is 0 Å². The first-order valence-corrected chi connectivity index (χ1v) is 6.06. The normalized spacial score (nSPS) is 12.2. The number of alkyl halides is 1. The minimum absolute atomic E-state index is 0.0618. The number of amides is 1. The van der Waals surface area contributed by atoms with Gasteiger partial charge in [-0.15, -0.1) is 11.6 Å². The van der Waals surface area contributed by atoms with E-state index in [1.165, 1.54) is 0 Å². The molecule has 0 radical (unpaired) electrons. The van der Waals surface area contributed by atoms with Gasteiger partial charge in [-0.2, -0.15) is 0 Å². The lowest BCUT2D eigenvalue weighted by molar-refractivity contribution is 0.0949. The van der Waals surface area contributed by atoms with E-state index in [4.69, 9.17) is 11.6 Å². The molecule has 2 nitrogen and oxygen atoms in total. The molecule has 0 aliphatic carbocycles. The average molecular weight is 291 g/mol. The minimum atomic E-state index is -0.0618. The highest BCUT2D eigenvalue weighted by atomic mass is 79.9. The Hall–Kier alpha value is -0.540. The van der Waals surface area contributed by atoms with Crippen molar-refractivity contribution in [1.82, 2.24) is 5.32 Å². The molecule has 4 heteroatoms. The van der Waals surface area contributed by atoms with Crippen LogP contribution in [0.1, 0.15) is 17.3 Å².